The van der Waals surface area contributed by atoms with Crippen molar-refractivity contribution in [2.24, 2.45) is 0 Å². The molecule has 3 aromatic rings. The molecule has 0 aromatic carbocycles. The second kappa shape index (κ2) is 6.10. The van der Waals surface area contributed by atoms with E-state index < -0.39 is 0 Å². The maximum Gasteiger partial charge on any atom is 0.141 e. The molecule has 0 saturated carbocycles. The summed E-state index contributed by atoms with van der Waals surface area (Å²) in [5, 5.41) is 14.9. The lowest BCUT2D eigenvalue weighted by atomic mass is 10.0. The summed E-state index contributed by atoms with van der Waals surface area (Å²) < 4.78 is 0. The number of nitriles is 1. The highest BCUT2D eigenvalue weighted by molar-refractivity contribution is 6.12. The van der Waals surface area contributed by atoms with E-state index in [2.05, 4.69) is 38.2 Å². The van der Waals surface area contributed by atoms with Crippen LogP contribution in [-0.2, 0) is 0 Å². The Labute approximate surface area is 140 Å². The Morgan fingerprint density at radius 1 is 1.46 bits per heavy atom. The van der Waals surface area contributed by atoms with Gasteiger partial charge in [0.1, 0.15) is 17.4 Å². The average Bonchev–Trinajstić information content (AvgIpc) is 3.00. The highest BCUT2D eigenvalue weighted by atomic mass is 15.2. The first-order valence-corrected chi connectivity index (χ1v) is 8.44. The number of piperidine rings is 1. The molecule has 3 aromatic heterocycles. The monoisotopic (exact) mass is 320 g/mol. The van der Waals surface area contributed by atoms with E-state index in [0.29, 0.717) is 11.7 Å². The number of rotatable bonds is 3. The van der Waals surface area contributed by atoms with Crippen LogP contribution in [0, 0.1) is 11.3 Å². The predicted octanol–water partition coefficient (Wildman–Crippen LogP) is 2.88. The molecule has 0 aliphatic carbocycles. The second-order valence-corrected chi connectivity index (χ2v) is 6.31. The first-order chi connectivity index (χ1) is 11.8. The fraction of sp³-hybridized carbons (Fsp3) is 0.389. The molecule has 1 saturated heterocycles. The molecule has 1 fully saturated rings. The summed E-state index contributed by atoms with van der Waals surface area (Å²) in [6.07, 6.45) is 5.92. The molecular weight excluding hydrogens is 300 g/mol. The molecule has 0 spiro atoms. The SMILES string of the molecule is CCN1CCC[C@@H](Nc2ccnc3[nH]c4cnc(C#N)cc4c23)C1. The van der Waals surface area contributed by atoms with Crippen LogP contribution in [0.1, 0.15) is 25.5 Å². The van der Waals surface area contributed by atoms with Crippen molar-refractivity contribution in [3.05, 3.63) is 30.2 Å². The Kier molecular flexibility index (Phi) is 3.79. The molecular formula is C18H20N6. The van der Waals surface area contributed by atoms with Gasteiger partial charge in [0.2, 0.25) is 0 Å². The van der Waals surface area contributed by atoms with Gasteiger partial charge in [-0.2, -0.15) is 5.26 Å². The van der Waals surface area contributed by atoms with Crippen molar-refractivity contribution in [1.82, 2.24) is 19.9 Å². The van der Waals surface area contributed by atoms with Crippen LogP contribution in [0.4, 0.5) is 5.69 Å². The standard InChI is InChI=1S/C18H20N6/c1-2-24-7-3-4-12(11-24)22-15-5-6-20-18-17(15)14-8-13(9-19)21-10-16(14)23-18/h5-6,8,10,12H,2-4,7,11H2,1H3,(H2,20,22,23)/t12-/m1/s1. The van der Waals surface area contributed by atoms with Crippen molar-refractivity contribution in [2.75, 3.05) is 25.0 Å². The summed E-state index contributed by atoms with van der Waals surface area (Å²) in [6, 6.07) is 6.41. The Hall–Kier alpha value is -2.65. The minimum absolute atomic E-state index is 0.424. The third-order valence-electron chi connectivity index (χ3n) is 4.80. The zero-order valence-electron chi connectivity index (χ0n) is 13.7. The smallest absolute Gasteiger partial charge is 0.141 e. The lowest BCUT2D eigenvalue weighted by molar-refractivity contribution is 0.227. The van der Waals surface area contributed by atoms with Crippen LogP contribution in [0.2, 0.25) is 0 Å². The van der Waals surface area contributed by atoms with Gasteiger partial charge < -0.3 is 15.2 Å². The van der Waals surface area contributed by atoms with Crippen molar-refractivity contribution in [3.63, 3.8) is 0 Å². The molecule has 122 valence electrons. The topological polar surface area (TPSA) is 80.6 Å². The van der Waals surface area contributed by atoms with Crippen LogP contribution in [0.15, 0.2) is 24.5 Å². The lowest BCUT2D eigenvalue weighted by Crippen LogP contribution is -2.41. The van der Waals surface area contributed by atoms with Gasteiger partial charge in [0.05, 0.1) is 11.7 Å². The molecule has 1 aliphatic rings. The van der Waals surface area contributed by atoms with Crippen LogP contribution in [0.3, 0.4) is 0 Å². The Morgan fingerprint density at radius 2 is 2.38 bits per heavy atom. The van der Waals surface area contributed by atoms with Crippen LogP contribution < -0.4 is 5.32 Å². The molecule has 0 radical (unpaired) electrons. The average molecular weight is 320 g/mol. The molecule has 2 N–H and O–H groups in total. The Bertz CT molecular complexity index is 922. The van der Waals surface area contributed by atoms with Gasteiger partial charge in [-0.05, 0) is 38.1 Å². The largest absolute Gasteiger partial charge is 0.380 e. The number of fused-ring (bicyclic) bond motifs is 3. The highest BCUT2D eigenvalue weighted by Crippen LogP contribution is 2.31. The number of likely N-dealkylation sites (tertiary alicyclic amines) is 1. The third-order valence-corrected chi connectivity index (χ3v) is 4.80. The van der Waals surface area contributed by atoms with Crippen molar-refractivity contribution in [1.29, 1.82) is 5.26 Å². The number of anilines is 1. The maximum absolute atomic E-state index is 9.13. The number of aromatic nitrogens is 3. The summed E-state index contributed by atoms with van der Waals surface area (Å²) in [5.74, 6) is 0. The van der Waals surface area contributed by atoms with E-state index in [1.54, 1.807) is 6.20 Å². The number of H-pyrrole nitrogens is 1. The first kappa shape index (κ1) is 14.9. The van der Waals surface area contributed by atoms with Gasteiger partial charge in [0, 0.05) is 35.2 Å². The number of pyridine rings is 2. The van der Waals surface area contributed by atoms with Gasteiger partial charge in [-0.15, -0.1) is 0 Å². The number of nitrogens with zero attached hydrogens (tertiary/aromatic N) is 4. The molecule has 0 amide bonds. The molecule has 1 atom stereocenters. The zero-order valence-corrected chi connectivity index (χ0v) is 13.7. The van der Waals surface area contributed by atoms with E-state index in [0.717, 1.165) is 40.7 Å². The van der Waals surface area contributed by atoms with Gasteiger partial charge in [-0.1, -0.05) is 6.92 Å². The van der Waals surface area contributed by atoms with E-state index in [-0.39, 0.29) is 0 Å². The second-order valence-electron chi connectivity index (χ2n) is 6.31. The normalized spacial score (nSPS) is 18.8. The molecule has 1 aliphatic heterocycles. The van der Waals surface area contributed by atoms with E-state index in [4.69, 9.17) is 5.26 Å². The summed E-state index contributed by atoms with van der Waals surface area (Å²) >= 11 is 0. The Balaban J connectivity index is 1.76. The number of likely N-dealkylation sites (N-methyl/N-ethyl adjacent to an activating group) is 1. The van der Waals surface area contributed by atoms with Crippen LogP contribution in [-0.4, -0.2) is 45.5 Å². The minimum atomic E-state index is 0.424. The van der Waals surface area contributed by atoms with Crippen molar-refractivity contribution >= 4 is 27.6 Å². The number of nitrogens with one attached hydrogen (secondary N) is 2. The van der Waals surface area contributed by atoms with Gasteiger partial charge in [-0.25, -0.2) is 9.97 Å². The zero-order chi connectivity index (χ0) is 16.5. The number of aromatic amines is 1. The lowest BCUT2D eigenvalue weighted by Gasteiger charge is -2.33. The van der Waals surface area contributed by atoms with Gasteiger partial charge in [0.25, 0.3) is 0 Å². The third kappa shape index (κ3) is 2.57. The summed E-state index contributed by atoms with van der Waals surface area (Å²) in [7, 11) is 0. The number of hydrogen-bond acceptors (Lipinski definition) is 5. The van der Waals surface area contributed by atoms with Crippen molar-refractivity contribution in [2.45, 2.75) is 25.8 Å². The fourth-order valence-electron chi connectivity index (χ4n) is 3.58. The van der Waals surface area contributed by atoms with E-state index in [1.807, 2.05) is 18.3 Å². The van der Waals surface area contributed by atoms with E-state index in [1.165, 1.54) is 19.4 Å². The molecule has 4 rings (SSSR count). The van der Waals surface area contributed by atoms with E-state index in [9.17, 15) is 0 Å². The molecule has 0 bridgehead atoms. The molecule has 6 nitrogen and oxygen atoms in total. The van der Waals surface area contributed by atoms with Gasteiger partial charge >= 0.3 is 0 Å². The van der Waals surface area contributed by atoms with Crippen molar-refractivity contribution < 1.29 is 0 Å². The van der Waals surface area contributed by atoms with E-state index >= 15 is 0 Å². The highest BCUT2D eigenvalue weighted by Gasteiger charge is 2.20. The van der Waals surface area contributed by atoms with Crippen LogP contribution >= 0.6 is 0 Å². The molecule has 6 heteroatoms. The maximum atomic E-state index is 9.13. The molecule has 0 unspecified atom stereocenters. The molecule has 24 heavy (non-hydrogen) atoms. The van der Waals surface area contributed by atoms with Gasteiger partial charge in [0.15, 0.2) is 0 Å². The quantitative estimate of drug-likeness (QED) is 0.775. The minimum Gasteiger partial charge on any atom is -0.380 e. The fourth-order valence-corrected chi connectivity index (χ4v) is 3.58. The van der Waals surface area contributed by atoms with Crippen LogP contribution in [0.5, 0.6) is 0 Å². The molecule has 4 heterocycles. The van der Waals surface area contributed by atoms with Gasteiger partial charge in [-0.3, -0.25) is 0 Å². The predicted molar refractivity (Wildman–Crippen MR) is 94.9 cm³/mol. The Morgan fingerprint density at radius 3 is 3.21 bits per heavy atom. The first-order valence-electron chi connectivity index (χ1n) is 8.44. The summed E-state index contributed by atoms with van der Waals surface area (Å²) in [5.41, 5.74) is 3.23. The summed E-state index contributed by atoms with van der Waals surface area (Å²) in [6.45, 7) is 5.55. The summed E-state index contributed by atoms with van der Waals surface area (Å²) in [4.78, 5) is 14.4. The number of hydrogen-bond donors (Lipinski definition) is 2. The van der Waals surface area contributed by atoms with Crippen LogP contribution in [0.25, 0.3) is 21.9 Å². The van der Waals surface area contributed by atoms with Crippen molar-refractivity contribution in [3.8, 4) is 6.07 Å².